The summed E-state index contributed by atoms with van der Waals surface area (Å²) in [4.78, 5) is 4.79. The Morgan fingerprint density at radius 3 is 1.36 bits per heavy atom. The fraction of sp³-hybridized carbons (Fsp3) is 0.192. The van der Waals surface area contributed by atoms with Crippen LogP contribution in [0.4, 0.5) is 34.1 Å². The van der Waals surface area contributed by atoms with Crippen LogP contribution in [-0.4, -0.2) is 0 Å². The molecule has 0 aliphatic heterocycles. The van der Waals surface area contributed by atoms with Crippen molar-refractivity contribution in [2.75, 3.05) is 9.80 Å². The van der Waals surface area contributed by atoms with E-state index in [-0.39, 0.29) is 5.41 Å². The third-order valence-electron chi connectivity index (χ3n) is 13.3. The second-order valence-corrected chi connectivity index (χ2v) is 16.2. The zero-order valence-corrected chi connectivity index (χ0v) is 31.0. The summed E-state index contributed by atoms with van der Waals surface area (Å²) in [6, 6.07) is 66.6. The maximum Gasteiger partial charge on any atom is 0.137 e. The quantitative estimate of drug-likeness (QED) is 0.156. The van der Waals surface area contributed by atoms with Gasteiger partial charge in [-0.25, -0.2) is 0 Å². The first-order valence-corrected chi connectivity index (χ1v) is 20.1. The smallest absolute Gasteiger partial charge is 0.137 e. The highest BCUT2D eigenvalue weighted by Gasteiger charge is 2.58. The molecule has 1 heterocycles. The molecule has 268 valence electrons. The Bertz CT molecular complexity index is 2530. The predicted molar refractivity (Wildman–Crippen MR) is 227 cm³/mol. The van der Waals surface area contributed by atoms with Crippen molar-refractivity contribution >= 4 is 56.1 Å². The number of rotatable bonds is 8. The van der Waals surface area contributed by atoms with Crippen molar-refractivity contribution in [3.05, 3.63) is 193 Å². The molecular weight excluding hydrogens is 669 g/mol. The first kappa shape index (κ1) is 32.4. The summed E-state index contributed by atoms with van der Waals surface area (Å²) in [6.07, 6.45) is 6.78. The van der Waals surface area contributed by atoms with Gasteiger partial charge in [-0.2, -0.15) is 0 Å². The number of para-hydroxylation sites is 4. The van der Waals surface area contributed by atoms with E-state index in [0.29, 0.717) is 11.8 Å². The number of nitrogens with zero attached hydrogens (tertiary/aromatic N) is 2. The second-order valence-electron chi connectivity index (χ2n) is 16.2. The van der Waals surface area contributed by atoms with E-state index in [1.165, 1.54) is 60.3 Å². The normalized spacial score (nSPS) is 22.6. The molecule has 8 aromatic rings. The van der Waals surface area contributed by atoms with Gasteiger partial charge in [0.15, 0.2) is 0 Å². The molecule has 3 heteroatoms. The molecule has 4 aliphatic rings. The first-order valence-electron chi connectivity index (χ1n) is 20.1. The zero-order valence-electron chi connectivity index (χ0n) is 31.0. The Kier molecular flexibility index (Phi) is 7.69. The van der Waals surface area contributed by atoms with Crippen LogP contribution in [-0.2, 0) is 5.41 Å². The molecule has 4 fully saturated rings. The maximum atomic E-state index is 6.37. The molecule has 55 heavy (non-hydrogen) atoms. The minimum Gasteiger partial charge on any atom is -0.456 e. The van der Waals surface area contributed by atoms with Crippen LogP contribution in [0.15, 0.2) is 186 Å². The largest absolute Gasteiger partial charge is 0.456 e. The highest BCUT2D eigenvalue weighted by molar-refractivity contribution is 6.13. The van der Waals surface area contributed by atoms with Crippen LogP contribution in [0.3, 0.4) is 0 Å². The Balaban J connectivity index is 1.04. The summed E-state index contributed by atoms with van der Waals surface area (Å²) in [7, 11) is 0. The molecule has 0 amide bonds. The average molecular weight is 713 g/mol. The zero-order chi connectivity index (χ0) is 36.3. The molecule has 0 spiro atoms. The van der Waals surface area contributed by atoms with Gasteiger partial charge in [-0.3, -0.25) is 0 Å². The van der Waals surface area contributed by atoms with Gasteiger partial charge in [0.05, 0.1) is 11.1 Å². The fourth-order valence-electron chi connectivity index (χ4n) is 11.4. The molecule has 7 aromatic carbocycles. The lowest BCUT2D eigenvalue weighted by Crippen LogP contribution is -2.56. The monoisotopic (exact) mass is 712 g/mol. The van der Waals surface area contributed by atoms with Crippen molar-refractivity contribution in [3.63, 3.8) is 0 Å². The van der Waals surface area contributed by atoms with E-state index in [0.717, 1.165) is 50.8 Å². The number of hydrogen-bond acceptors (Lipinski definition) is 3. The van der Waals surface area contributed by atoms with Crippen LogP contribution in [0.5, 0.6) is 0 Å². The summed E-state index contributed by atoms with van der Waals surface area (Å²) in [5.41, 5.74) is 11.7. The van der Waals surface area contributed by atoms with E-state index in [4.69, 9.17) is 4.42 Å². The fourth-order valence-corrected chi connectivity index (χ4v) is 11.4. The van der Waals surface area contributed by atoms with Crippen LogP contribution in [0.2, 0.25) is 0 Å². The predicted octanol–water partition coefficient (Wildman–Crippen LogP) is 14.3. The van der Waals surface area contributed by atoms with E-state index < -0.39 is 0 Å². The van der Waals surface area contributed by atoms with Crippen LogP contribution >= 0.6 is 0 Å². The lowest BCUT2D eigenvalue weighted by atomic mass is 9.42. The summed E-state index contributed by atoms with van der Waals surface area (Å²) in [5, 5.41) is 2.28. The van der Waals surface area contributed by atoms with Gasteiger partial charge in [-0.1, -0.05) is 103 Å². The van der Waals surface area contributed by atoms with Crippen molar-refractivity contribution < 1.29 is 4.42 Å². The van der Waals surface area contributed by atoms with Gasteiger partial charge in [-0.05, 0) is 146 Å². The summed E-state index contributed by atoms with van der Waals surface area (Å²) < 4.78 is 6.37. The third kappa shape index (κ3) is 5.24. The van der Waals surface area contributed by atoms with Crippen molar-refractivity contribution in [2.45, 2.75) is 37.5 Å². The molecule has 4 aliphatic carbocycles. The molecule has 1 aromatic heterocycles. The van der Waals surface area contributed by atoms with Crippen molar-refractivity contribution in [2.24, 2.45) is 23.7 Å². The summed E-state index contributed by atoms with van der Waals surface area (Å²) in [6.45, 7) is 0. The van der Waals surface area contributed by atoms with Crippen LogP contribution in [0.1, 0.15) is 43.2 Å². The first-order chi connectivity index (χ1) is 27.2. The Hall–Kier alpha value is -6.06. The molecule has 12 rings (SSSR count). The highest BCUT2D eigenvalue weighted by Crippen LogP contribution is 2.65. The van der Waals surface area contributed by atoms with Crippen LogP contribution in [0, 0.1) is 23.7 Å². The molecule has 3 nitrogen and oxygen atoms in total. The summed E-state index contributed by atoms with van der Waals surface area (Å²) >= 11 is 0. The topological polar surface area (TPSA) is 19.6 Å². The lowest BCUT2D eigenvalue weighted by Gasteiger charge is -2.62. The molecule has 0 saturated heterocycles. The van der Waals surface area contributed by atoms with Crippen molar-refractivity contribution in [1.29, 1.82) is 0 Å². The standard InChI is InChI=1S/C52H44N2O/c1-4-13-42(14-5-1)53(43-15-6-2-7-16-43)45-27-23-38(24-28-45)52(40-32-36-31-37(34-40)35-41(52)33-36)39-25-29-46(30-26-39)54(44-17-8-3-9-18-44)48-20-12-22-50-51(48)47-19-10-11-21-49(47)55-50/h1-30,36-37,40-41H,31-35H2. The van der Waals surface area contributed by atoms with Crippen LogP contribution in [0.25, 0.3) is 21.9 Å². The Labute approximate surface area is 323 Å². The van der Waals surface area contributed by atoms with Gasteiger partial charge in [0.25, 0.3) is 0 Å². The maximum absolute atomic E-state index is 6.37. The number of anilines is 6. The molecular formula is C52H44N2O. The Morgan fingerprint density at radius 1 is 0.382 bits per heavy atom. The number of benzene rings is 7. The third-order valence-corrected chi connectivity index (χ3v) is 13.3. The average Bonchev–Trinajstić information content (AvgIpc) is 3.63. The van der Waals surface area contributed by atoms with Gasteiger partial charge in [-0.15, -0.1) is 0 Å². The Morgan fingerprint density at radius 2 is 0.818 bits per heavy atom. The number of fused-ring (bicyclic) bond motifs is 3. The van der Waals surface area contributed by atoms with Gasteiger partial charge >= 0.3 is 0 Å². The SMILES string of the molecule is c1ccc(N(c2ccccc2)c2ccc(C3(c4ccc(N(c5ccccc5)c5cccc6oc7ccccc7c56)cc4)C4CC5CC(C4)CC3C5)cc2)cc1. The molecule has 4 saturated carbocycles. The molecule has 0 unspecified atom stereocenters. The second kappa shape index (κ2) is 13.1. The van der Waals surface area contributed by atoms with E-state index in [1.54, 1.807) is 0 Å². The van der Waals surface area contributed by atoms with E-state index >= 15 is 0 Å². The van der Waals surface area contributed by atoms with Gasteiger partial charge in [0.1, 0.15) is 11.2 Å². The lowest BCUT2D eigenvalue weighted by molar-refractivity contribution is -0.0418. The van der Waals surface area contributed by atoms with Gasteiger partial charge < -0.3 is 14.2 Å². The van der Waals surface area contributed by atoms with Crippen molar-refractivity contribution in [1.82, 2.24) is 0 Å². The van der Waals surface area contributed by atoms with Gasteiger partial charge in [0.2, 0.25) is 0 Å². The highest BCUT2D eigenvalue weighted by atomic mass is 16.3. The van der Waals surface area contributed by atoms with E-state index in [2.05, 4.69) is 186 Å². The van der Waals surface area contributed by atoms with Gasteiger partial charge in [0, 0.05) is 39.2 Å². The van der Waals surface area contributed by atoms with Crippen molar-refractivity contribution in [3.8, 4) is 0 Å². The minimum atomic E-state index is -0.00679. The van der Waals surface area contributed by atoms with E-state index in [1.807, 2.05) is 6.07 Å². The molecule has 0 radical (unpaired) electrons. The molecule has 4 bridgehead atoms. The molecule has 0 atom stereocenters. The molecule has 0 N–H and O–H groups in total. The van der Waals surface area contributed by atoms with E-state index in [9.17, 15) is 0 Å². The van der Waals surface area contributed by atoms with Crippen LogP contribution < -0.4 is 9.80 Å². The number of hydrogen-bond donors (Lipinski definition) is 0. The minimum absolute atomic E-state index is 0.00679. The summed E-state index contributed by atoms with van der Waals surface area (Å²) in [5.74, 6) is 3.05. The number of furan rings is 1.